The molecule has 2 aliphatic rings. The van der Waals surface area contributed by atoms with E-state index in [1.165, 1.54) is 0 Å². The molecule has 0 bridgehead atoms. The molecule has 1 aromatic rings. The molecule has 1 atom stereocenters. The molecule has 0 unspecified atom stereocenters. The summed E-state index contributed by atoms with van der Waals surface area (Å²) < 4.78 is 17.7. The summed E-state index contributed by atoms with van der Waals surface area (Å²) in [4.78, 5) is 15.1. The van der Waals surface area contributed by atoms with E-state index < -0.39 is 11.2 Å². The van der Waals surface area contributed by atoms with Crippen molar-refractivity contribution in [2.24, 2.45) is 0 Å². The van der Waals surface area contributed by atoms with Crippen LogP contribution in [-0.2, 0) is 9.39 Å². The summed E-state index contributed by atoms with van der Waals surface area (Å²) in [7, 11) is 1.64. The van der Waals surface area contributed by atoms with Crippen molar-refractivity contribution in [2.75, 3.05) is 26.3 Å². The normalized spacial score (nSPS) is 20.3. The molecule has 1 radical (unpaired) electrons. The summed E-state index contributed by atoms with van der Waals surface area (Å²) in [5.41, 5.74) is 1.50. The van der Waals surface area contributed by atoms with Gasteiger partial charge in [-0.2, -0.15) is 0 Å². The van der Waals surface area contributed by atoms with Gasteiger partial charge >= 0.3 is 7.48 Å². The van der Waals surface area contributed by atoms with Crippen molar-refractivity contribution in [1.29, 1.82) is 0 Å². The van der Waals surface area contributed by atoms with E-state index >= 15 is 0 Å². The van der Waals surface area contributed by atoms with Gasteiger partial charge in [0.1, 0.15) is 12.4 Å². The first kappa shape index (κ1) is 22.1. The first-order valence-electron chi connectivity index (χ1n) is 10.4. The highest BCUT2D eigenvalue weighted by Crippen LogP contribution is 2.30. The van der Waals surface area contributed by atoms with Gasteiger partial charge in [0.2, 0.25) is 0 Å². The van der Waals surface area contributed by atoms with Gasteiger partial charge in [0.05, 0.1) is 29.4 Å². The Morgan fingerprint density at radius 2 is 1.97 bits per heavy atom. The van der Waals surface area contributed by atoms with Crippen molar-refractivity contribution in [3.8, 4) is 5.75 Å². The maximum Gasteiger partial charge on any atom is 0.331 e. The number of aliphatic hydroxyl groups is 1. The molecule has 7 heteroatoms. The molecule has 0 aliphatic carbocycles. The molecular formula is C22H33BNO5. The molecule has 1 aromatic carbocycles. The molecule has 0 saturated carbocycles. The second-order valence-electron chi connectivity index (χ2n) is 9.13. The smallest absolute Gasteiger partial charge is 0.331 e. The average Bonchev–Trinajstić information content (AvgIpc) is 3.09. The fraction of sp³-hybridized carbons (Fsp3) is 0.682. The van der Waals surface area contributed by atoms with Crippen LogP contribution in [0.1, 0.15) is 62.0 Å². The minimum Gasteiger partial charge on any atom is -0.491 e. The second-order valence-corrected chi connectivity index (χ2v) is 9.13. The number of hydrogen-bond donors (Lipinski definition) is 1. The zero-order valence-electron chi connectivity index (χ0n) is 18.5. The monoisotopic (exact) mass is 402 g/mol. The Kier molecular flexibility index (Phi) is 6.32. The van der Waals surface area contributed by atoms with Gasteiger partial charge in [0.25, 0.3) is 5.91 Å². The quantitative estimate of drug-likeness (QED) is 0.739. The van der Waals surface area contributed by atoms with Crippen molar-refractivity contribution in [3.05, 3.63) is 22.8 Å². The summed E-state index contributed by atoms with van der Waals surface area (Å²) in [5, 5.41) is 10.4. The first-order valence-corrected chi connectivity index (χ1v) is 10.4. The van der Waals surface area contributed by atoms with Gasteiger partial charge in [0, 0.05) is 13.2 Å². The van der Waals surface area contributed by atoms with Crippen molar-refractivity contribution in [2.45, 2.75) is 71.7 Å². The van der Waals surface area contributed by atoms with Crippen LogP contribution in [0.25, 0.3) is 0 Å². The lowest BCUT2D eigenvalue weighted by Gasteiger charge is -2.37. The molecule has 6 nitrogen and oxygen atoms in total. The van der Waals surface area contributed by atoms with E-state index in [2.05, 4.69) is 0 Å². The molecule has 29 heavy (non-hydrogen) atoms. The summed E-state index contributed by atoms with van der Waals surface area (Å²) >= 11 is 0. The first-order chi connectivity index (χ1) is 13.5. The molecular weight excluding hydrogens is 369 g/mol. The van der Waals surface area contributed by atoms with Gasteiger partial charge in [-0.25, -0.2) is 0 Å². The summed E-state index contributed by atoms with van der Waals surface area (Å²) in [5.74, 6) is 0.619. The molecule has 1 fully saturated rings. The van der Waals surface area contributed by atoms with Crippen LogP contribution >= 0.6 is 0 Å². The van der Waals surface area contributed by atoms with Crippen LogP contribution in [0.3, 0.4) is 0 Å². The van der Waals surface area contributed by atoms with Crippen LogP contribution in [0.4, 0.5) is 0 Å². The van der Waals surface area contributed by atoms with E-state index in [1.54, 1.807) is 21.3 Å². The molecule has 1 amide bonds. The fourth-order valence-electron chi connectivity index (χ4n) is 3.48. The predicted molar refractivity (Wildman–Crippen MR) is 113 cm³/mol. The molecule has 2 heterocycles. The summed E-state index contributed by atoms with van der Waals surface area (Å²) in [6, 6.07) is 1.84. The Morgan fingerprint density at radius 3 is 2.59 bits per heavy atom. The number of fused-ring (bicyclic) bond motifs is 1. The highest BCUT2D eigenvalue weighted by molar-refractivity contribution is 6.48. The standard InChI is InChI=1S/C22H33BNO5/c1-14-15(2)19-17(12-18(14)23-29-22(5,6)21(3,4)26)20(25)24(9-11-28-19)13-16-8-7-10-27-16/h12,16,26H,7-11,13H2,1-6H3/t16-/m1/s1. The van der Waals surface area contributed by atoms with Crippen LogP contribution in [0, 0.1) is 13.8 Å². The highest BCUT2D eigenvalue weighted by atomic mass is 16.5. The molecule has 0 aromatic heterocycles. The van der Waals surface area contributed by atoms with Crippen molar-refractivity contribution in [1.82, 2.24) is 4.90 Å². The van der Waals surface area contributed by atoms with E-state index in [-0.39, 0.29) is 12.0 Å². The second kappa shape index (κ2) is 8.28. The van der Waals surface area contributed by atoms with Crippen molar-refractivity contribution < 1.29 is 24.0 Å². The fourth-order valence-corrected chi connectivity index (χ4v) is 3.48. The van der Waals surface area contributed by atoms with Gasteiger partial charge in [-0.3, -0.25) is 4.79 Å². The molecule has 159 valence electrons. The largest absolute Gasteiger partial charge is 0.491 e. The van der Waals surface area contributed by atoms with Gasteiger partial charge in [-0.15, -0.1) is 0 Å². The van der Waals surface area contributed by atoms with Gasteiger partial charge < -0.3 is 24.1 Å². The lowest BCUT2D eigenvalue weighted by molar-refractivity contribution is -0.0893. The number of carbonyl (C=O) groups excluding carboxylic acids is 1. The van der Waals surface area contributed by atoms with E-state index in [0.29, 0.717) is 31.0 Å². The van der Waals surface area contributed by atoms with Crippen LogP contribution < -0.4 is 10.2 Å². The van der Waals surface area contributed by atoms with Gasteiger partial charge in [0.15, 0.2) is 0 Å². The summed E-state index contributed by atoms with van der Waals surface area (Å²) in [6.07, 6.45) is 2.14. The number of benzene rings is 1. The minimum absolute atomic E-state index is 0.0347. The van der Waals surface area contributed by atoms with Gasteiger partial charge in [-0.1, -0.05) is 0 Å². The Morgan fingerprint density at radius 1 is 1.24 bits per heavy atom. The zero-order chi connectivity index (χ0) is 21.4. The Labute approximate surface area is 174 Å². The molecule has 1 saturated heterocycles. The number of carbonyl (C=O) groups is 1. The lowest BCUT2D eigenvalue weighted by atomic mass is 9.78. The minimum atomic E-state index is -1.02. The van der Waals surface area contributed by atoms with Crippen LogP contribution in [0.15, 0.2) is 6.07 Å². The zero-order valence-corrected chi connectivity index (χ0v) is 18.5. The van der Waals surface area contributed by atoms with E-state index in [0.717, 1.165) is 36.0 Å². The molecule has 3 rings (SSSR count). The number of hydrogen-bond acceptors (Lipinski definition) is 5. The SMILES string of the molecule is Cc1c([B]OC(C)(C)C(C)(C)O)cc2c(c1C)OCCN(C[C@H]1CCCO1)C2=O. The molecule has 0 spiro atoms. The lowest BCUT2D eigenvalue weighted by Crippen LogP contribution is -2.49. The molecule has 2 aliphatic heterocycles. The maximum atomic E-state index is 13.3. The van der Waals surface area contributed by atoms with Crippen molar-refractivity contribution in [3.63, 3.8) is 0 Å². The van der Waals surface area contributed by atoms with E-state index in [4.69, 9.17) is 14.1 Å². The number of nitrogens with zero attached hydrogens (tertiary/aromatic N) is 1. The number of amides is 1. The average molecular weight is 402 g/mol. The van der Waals surface area contributed by atoms with Gasteiger partial charge in [-0.05, 0) is 77.0 Å². The van der Waals surface area contributed by atoms with Crippen LogP contribution in [-0.4, -0.2) is 67.0 Å². The third-order valence-corrected chi connectivity index (χ3v) is 6.41. The number of rotatable bonds is 6. The summed E-state index contributed by atoms with van der Waals surface area (Å²) in [6.45, 7) is 13.5. The van der Waals surface area contributed by atoms with E-state index in [1.807, 2.05) is 38.7 Å². The Balaban J connectivity index is 1.86. The molecule has 1 N–H and O–H groups in total. The van der Waals surface area contributed by atoms with Crippen LogP contribution in [0.2, 0.25) is 0 Å². The maximum absolute atomic E-state index is 13.3. The third-order valence-electron chi connectivity index (χ3n) is 6.41. The predicted octanol–water partition coefficient (Wildman–Crippen LogP) is 2.13. The third kappa shape index (κ3) is 4.62. The van der Waals surface area contributed by atoms with Crippen molar-refractivity contribution >= 4 is 18.9 Å². The van der Waals surface area contributed by atoms with E-state index in [9.17, 15) is 9.90 Å². The highest BCUT2D eigenvalue weighted by Gasteiger charge is 2.36. The number of ether oxygens (including phenoxy) is 2. The Hall–Kier alpha value is -1.57. The van der Waals surface area contributed by atoms with Crippen LogP contribution in [0.5, 0.6) is 5.75 Å². The Bertz CT molecular complexity index is 765. The topological polar surface area (TPSA) is 68.2 Å².